The van der Waals surface area contributed by atoms with Crippen LogP contribution < -0.4 is 4.31 Å². The number of sulfonamides is 1. The van der Waals surface area contributed by atoms with Crippen molar-refractivity contribution in [1.29, 1.82) is 0 Å². The molecule has 2 aromatic carbocycles. The number of hydrogen-bond acceptors (Lipinski definition) is 4. The molecule has 0 aliphatic carbocycles. The lowest BCUT2D eigenvalue weighted by molar-refractivity contribution is -0.384. The van der Waals surface area contributed by atoms with Gasteiger partial charge in [-0.05, 0) is 30.7 Å². The van der Waals surface area contributed by atoms with E-state index in [0.29, 0.717) is 6.42 Å². The minimum Gasteiger partial charge on any atom is -0.259 e. The topological polar surface area (TPSA) is 80.5 Å². The maximum Gasteiger partial charge on any atom is 0.295 e. The number of anilines is 1. The second-order valence-electron chi connectivity index (χ2n) is 4.78. The fourth-order valence-electron chi connectivity index (χ4n) is 2.15. The molecule has 0 spiro atoms. The Balaban J connectivity index is 2.62. The van der Waals surface area contributed by atoms with Gasteiger partial charge in [0.15, 0.2) is 0 Å². The van der Waals surface area contributed by atoms with E-state index in [1.807, 2.05) is 0 Å². The van der Waals surface area contributed by atoms with E-state index in [0.717, 1.165) is 10.4 Å². The average Bonchev–Trinajstić information content (AvgIpc) is 2.53. The molecule has 8 heteroatoms. The number of nitrogens with zero attached hydrogens (tertiary/aromatic N) is 2. The first-order valence-corrected chi connectivity index (χ1v) is 8.71. The lowest BCUT2D eigenvalue weighted by Crippen LogP contribution is -2.32. The summed E-state index contributed by atoms with van der Waals surface area (Å²) in [6, 6.07) is 11.8. The van der Waals surface area contributed by atoms with E-state index in [1.165, 1.54) is 24.3 Å². The van der Waals surface area contributed by atoms with Crippen LogP contribution in [0, 0.1) is 10.1 Å². The lowest BCUT2D eigenvalue weighted by Gasteiger charge is -2.23. The Bertz CT molecular complexity index is 809. The van der Waals surface area contributed by atoms with Crippen molar-refractivity contribution in [3.05, 3.63) is 63.7 Å². The first kappa shape index (κ1) is 17.2. The molecule has 0 heterocycles. The average molecular weight is 355 g/mol. The van der Waals surface area contributed by atoms with E-state index in [9.17, 15) is 18.5 Å². The van der Waals surface area contributed by atoms with Crippen molar-refractivity contribution >= 4 is 33.0 Å². The standard InChI is InChI=1S/C15H15ClN2O4S/c1-2-10-17(23(21,22)13-6-4-3-5-7-13)14-9-8-12(16)11-15(14)18(19)20/h3-9,11H,2,10H2,1H3. The molecule has 0 bridgehead atoms. The fourth-order valence-corrected chi connectivity index (χ4v) is 3.90. The molecular weight excluding hydrogens is 340 g/mol. The van der Waals surface area contributed by atoms with Gasteiger partial charge < -0.3 is 0 Å². The first-order valence-electron chi connectivity index (χ1n) is 6.89. The molecule has 0 saturated carbocycles. The third kappa shape index (κ3) is 3.62. The second-order valence-corrected chi connectivity index (χ2v) is 7.08. The summed E-state index contributed by atoms with van der Waals surface area (Å²) in [6.07, 6.45) is 0.506. The molecule has 0 radical (unpaired) electrons. The maximum absolute atomic E-state index is 12.9. The molecular formula is C15H15ClN2O4S. The van der Waals surface area contributed by atoms with Crippen LogP contribution in [0.2, 0.25) is 5.02 Å². The number of nitro groups is 1. The zero-order valence-corrected chi connectivity index (χ0v) is 13.9. The van der Waals surface area contributed by atoms with Gasteiger partial charge in [0.05, 0.1) is 9.82 Å². The number of benzene rings is 2. The third-order valence-electron chi connectivity index (χ3n) is 3.16. The molecule has 23 heavy (non-hydrogen) atoms. The van der Waals surface area contributed by atoms with Crippen LogP contribution in [0.25, 0.3) is 0 Å². The van der Waals surface area contributed by atoms with Crippen LogP contribution in [0.1, 0.15) is 13.3 Å². The second kappa shape index (κ2) is 6.97. The summed E-state index contributed by atoms with van der Waals surface area (Å²) in [7, 11) is -3.90. The van der Waals surface area contributed by atoms with E-state index >= 15 is 0 Å². The largest absolute Gasteiger partial charge is 0.295 e. The quantitative estimate of drug-likeness (QED) is 0.582. The van der Waals surface area contributed by atoms with Crippen molar-refractivity contribution < 1.29 is 13.3 Å². The van der Waals surface area contributed by atoms with E-state index in [1.54, 1.807) is 25.1 Å². The molecule has 0 unspecified atom stereocenters. The normalized spacial score (nSPS) is 11.2. The Hall–Kier alpha value is -2.12. The van der Waals surface area contributed by atoms with E-state index in [4.69, 9.17) is 11.6 Å². The molecule has 0 aliphatic rings. The van der Waals surface area contributed by atoms with Gasteiger partial charge in [0, 0.05) is 17.6 Å². The predicted octanol–water partition coefficient (Wildman–Crippen LogP) is 3.85. The zero-order valence-electron chi connectivity index (χ0n) is 12.3. The van der Waals surface area contributed by atoms with Crippen molar-refractivity contribution in [1.82, 2.24) is 0 Å². The molecule has 2 aromatic rings. The summed E-state index contributed by atoms with van der Waals surface area (Å²) < 4.78 is 26.8. The van der Waals surface area contributed by atoms with Gasteiger partial charge >= 0.3 is 0 Å². The Labute approximate surface area is 139 Å². The molecule has 0 aliphatic heterocycles. The molecule has 0 N–H and O–H groups in total. The van der Waals surface area contributed by atoms with E-state index in [2.05, 4.69) is 0 Å². The van der Waals surface area contributed by atoms with Gasteiger partial charge in [0.1, 0.15) is 5.69 Å². The fraction of sp³-hybridized carbons (Fsp3) is 0.200. The number of nitro benzene ring substituents is 1. The molecule has 0 atom stereocenters. The molecule has 6 nitrogen and oxygen atoms in total. The van der Waals surface area contributed by atoms with Crippen LogP contribution in [-0.2, 0) is 10.0 Å². The molecule has 0 fully saturated rings. The van der Waals surface area contributed by atoms with Gasteiger partial charge in [-0.25, -0.2) is 8.42 Å². The minimum atomic E-state index is -3.90. The molecule has 0 amide bonds. The van der Waals surface area contributed by atoms with Gasteiger partial charge in [0.2, 0.25) is 0 Å². The number of rotatable bonds is 6. The van der Waals surface area contributed by atoms with Gasteiger partial charge in [-0.15, -0.1) is 0 Å². The van der Waals surface area contributed by atoms with Crippen molar-refractivity contribution in [2.75, 3.05) is 10.8 Å². The first-order chi connectivity index (χ1) is 10.9. The highest BCUT2D eigenvalue weighted by atomic mass is 35.5. The Morgan fingerprint density at radius 3 is 2.39 bits per heavy atom. The zero-order chi connectivity index (χ0) is 17.0. The summed E-state index contributed by atoms with van der Waals surface area (Å²) in [5, 5.41) is 11.4. The van der Waals surface area contributed by atoms with Gasteiger partial charge in [-0.3, -0.25) is 14.4 Å². The number of halogens is 1. The summed E-state index contributed by atoms with van der Waals surface area (Å²) in [5.74, 6) is 0. The summed E-state index contributed by atoms with van der Waals surface area (Å²) >= 11 is 5.80. The summed E-state index contributed by atoms with van der Waals surface area (Å²) in [4.78, 5) is 10.7. The van der Waals surface area contributed by atoms with Gasteiger partial charge in [-0.2, -0.15) is 0 Å². The summed E-state index contributed by atoms with van der Waals surface area (Å²) in [6.45, 7) is 1.93. The third-order valence-corrected chi connectivity index (χ3v) is 5.22. The van der Waals surface area contributed by atoms with E-state index < -0.39 is 14.9 Å². The molecule has 2 rings (SSSR count). The van der Waals surface area contributed by atoms with Crippen LogP contribution in [0.15, 0.2) is 53.4 Å². The summed E-state index contributed by atoms with van der Waals surface area (Å²) in [5.41, 5.74) is -0.337. The van der Waals surface area contributed by atoms with Crippen LogP contribution in [0.5, 0.6) is 0 Å². The monoisotopic (exact) mass is 354 g/mol. The highest BCUT2D eigenvalue weighted by Crippen LogP contribution is 2.34. The van der Waals surface area contributed by atoms with Crippen molar-refractivity contribution in [3.63, 3.8) is 0 Å². The predicted molar refractivity (Wildman–Crippen MR) is 89.4 cm³/mol. The Morgan fingerprint density at radius 1 is 1.17 bits per heavy atom. The minimum absolute atomic E-state index is 0.00473. The van der Waals surface area contributed by atoms with Crippen molar-refractivity contribution in [2.24, 2.45) is 0 Å². The number of hydrogen-bond donors (Lipinski definition) is 0. The maximum atomic E-state index is 12.9. The Kier molecular flexibility index (Phi) is 5.23. The molecule has 0 aromatic heterocycles. The van der Waals surface area contributed by atoms with Crippen molar-refractivity contribution in [3.8, 4) is 0 Å². The highest BCUT2D eigenvalue weighted by Gasteiger charge is 2.29. The van der Waals surface area contributed by atoms with Gasteiger partial charge in [-0.1, -0.05) is 36.7 Å². The van der Waals surface area contributed by atoms with Crippen LogP contribution in [0.4, 0.5) is 11.4 Å². The SMILES string of the molecule is CCCN(c1ccc(Cl)cc1[N+](=O)[O-])S(=O)(=O)c1ccccc1. The highest BCUT2D eigenvalue weighted by molar-refractivity contribution is 7.92. The van der Waals surface area contributed by atoms with E-state index in [-0.39, 0.29) is 27.8 Å². The van der Waals surface area contributed by atoms with Crippen molar-refractivity contribution in [2.45, 2.75) is 18.2 Å². The lowest BCUT2D eigenvalue weighted by atomic mass is 10.2. The van der Waals surface area contributed by atoms with Gasteiger partial charge in [0.25, 0.3) is 15.7 Å². The Morgan fingerprint density at radius 2 is 1.83 bits per heavy atom. The van der Waals surface area contributed by atoms with Crippen LogP contribution in [0.3, 0.4) is 0 Å². The molecule has 122 valence electrons. The smallest absolute Gasteiger partial charge is 0.259 e. The van der Waals surface area contributed by atoms with Crippen LogP contribution in [-0.4, -0.2) is 19.9 Å². The van der Waals surface area contributed by atoms with Crippen LogP contribution >= 0.6 is 11.6 Å². The molecule has 0 saturated heterocycles.